The van der Waals surface area contributed by atoms with Gasteiger partial charge in [0.2, 0.25) is 5.96 Å². The van der Waals surface area contributed by atoms with E-state index in [4.69, 9.17) is 0 Å². The van der Waals surface area contributed by atoms with Crippen LogP contribution in [0.15, 0.2) is 53.5 Å². The normalized spacial score (nSPS) is 11.4. The molecular formula is C23H26FN5O. The van der Waals surface area contributed by atoms with Gasteiger partial charge >= 0.3 is 0 Å². The van der Waals surface area contributed by atoms with Crippen molar-refractivity contribution in [2.24, 2.45) is 12.0 Å². The summed E-state index contributed by atoms with van der Waals surface area (Å²) in [5.41, 5.74) is 5.39. The average molecular weight is 407 g/mol. The maximum Gasteiger partial charge on any atom is 0.257 e. The summed E-state index contributed by atoms with van der Waals surface area (Å²) in [6.07, 6.45) is 0.695. The van der Waals surface area contributed by atoms with Crippen LogP contribution in [-0.2, 0) is 13.5 Å². The van der Waals surface area contributed by atoms with Crippen molar-refractivity contribution < 1.29 is 9.18 Å². The number of benzene rings is 2. The van der Waals surface area contributed by atoms with Gasteiger partial charge in [0.15, 0.2) is 0 Å². The van der Waals surface area contributed by atoms with E-state index < -0.39 is 0 Å². The van der Waals surface area contributed by atoms with Gasteiger partial charge < -0.3 is 5.32 Å². The molecule has 1 amide bonds. The number of rotatable bonds is 5. The zero-order chi connectivity index (χ0) is 21.7. The predicted octanol–water partition coefficient (Wildman–Crippen LogP) is 3.93. The first-order chi connectivity index (χ1) is 14.3. The lowest BCUT2D eigenvalue weighted by Gasteiger charge is -2.12. The number of nitrogens with one attached hydrogen (secondary N) is 2. The summed E-state index contributed by atoms with van der Waals surface area (Å²) in [7, 11) is 1.92. The number of aromatic nitrogens is 2. The van der Waals surface area contributed by atoms with Crippen LogP contribution in [0.25, 0.3) is 0 Å². The van der Waals surface area contributed by atoms with Crippen LogP contribution in [-0.4, -0.2) is 28.2 Å². The molecule has 6 nitrogen and oxygen atoms in total. The number of halogens is 1. The van der Waals surface area contributed by atoms with Crippen molar-refractivity contribution in [2.75, 3.05) is 11.9 Å². The summed E-state index contributed by atoms with van der Waals surface area (Å²) in [5, 5.41) is 10.3. The Balaban J connectivity index is 1.78. The number of aliphatic imine (C=N–C) groups is 1. The second-order valence-corrected chi connectivity index (χ2v) is 7.21. The number of anilines is 1. The Labute approximate surface area is 175 Å². The van der Waals surface area contributed by atoms with Gasteiger partial charge in [0.25, 0.3) is 5.91 Å². The van der Waals surface area contributed by atoms with Crippen molar-refractivity contribution in [2.45, 2.75) is 27.2 Å². The summed E-state index contributed by atoms with van der Waals surface area (Å²) >= 11 is 0. The molecule has 0 aliphatic heterocycles. The summed E-state index contributed by atoms with van der Waals surface area (Å²) in [6, 6.07) is 13.2. The number of carbonyl (C=O) groups is 1. The molecule has 7 heteroatoms. The fraction of sp³-hybridized carbons (Fsp3) is 0.261. The minimum absolute atomic E-state index is 0.263. The molecule has 0 saturated heterocycles. The minimum Gasteiger partial charge on any atom is -0.326 e. The van der Waals surface area contributed by atoms with E-state index in [9.17, 15) is 9.18 Å². The summed E-state index contributed by atoms with van der Waals surface area (Å²) in [5.74, 6) is -0.279. The van der Waals surface area contributed by atoms with Crippen LogP contribution in [0.4, 0.5) is 10.1 Å². The van der Waals surface area contributed by atoms with Gasteiger partial charge in [-0.1, -0.05) is 17.7 Å². The van der Waals surface area contributed by atoms with Crippen molar-refractivity contribution in [3.05, 3.63) is 82.4 Å². The van der Waals surface area contributed by atoms with Gasteiger partial charge in [-0.25, -0.2) is 4.39 Å². The second kappa shape index (κ2) is 9.35. The molecule has 0 radical (unpaired) electrons. The van der Waals surface area contributed by atoms with E-state index in [1.807, 2.05) is 50.7 Å². The van der Waals surface area contributed by atoms with E-state index in [2.05, 4.69) is 20.7 Å². The van der Waals surface area contributed by atoms with E-state index >= 15 is 0 Å². The fourth-order valence-electron chi connectivity index (χ4n) is 3.21. The van der Waals surface area contributed by atoms with Crippen molar-refractivity contribution in [3.8, 4) is 0 Å². The molecule has 2 aromatic carbocycles. The molecule has 0 spiro atoms. The highest BCUT2D eigenvalue weighted by Crippen LogP contribution is 2.13. The summed E-state index contributed by atoms with van der Waals surface area (Å²) in [4.78, 5) is 17.2. The van der Waals surface area contributed by atoms with Crippen LogP contribution < -0.4 is 10.6 Å². The number of hydrogen-bond donors (Lipinski definition) is 2. The van der Waals surface area contributed by atoms with Crippen LogP contribution in [0, 0.1) is 26.6 Å². The molecule has 0 aliphatic rings. The highest BCUT2D eigenvalue weighted by atomic mass is 19.1. The first kappa shape index (κ1) is 21.2. The molecule has 156 valence electrons. The molecule has 3 rings (SSSR count). The highest BCUT2D eigenvalue weighted by Gasteiger charge is 2.11. The van der Waals surface area contributed by atoms with Crippen LogP contribution in [0.3, 0.4) is 0 Å². The minimum atomic E-state index is -0.328. The Morgan fingerprint density at radius 1 is 1.13 bits per heavy atom. The number of amides is 1. The predicted molar refractivity (Wildman–Crippen MR) is 117 cm³/mol. The van der Waals surface area contributed by atoms with Gasteiger partial charge in [-0.2, -0.15) is 5.10 Å². The van der Waals surface area contributed by atoms with E-state index in [0.29, 0.717) is 30.2 Å². The topological polar surface area (TPSA) is 71.3 Å². The lowest BCUT2D eigenvalue weighted by atomic mass is 10.1. The van der Waals surface area contributed by atoms with Gasteiger partial charge in [-0.15, -0.1) is 0 Å². The zero-order valence-corrected chi connectivity index (χ0v) is 17.7. The number of guanidine groups is 1. The highest BCUT2D eigenvalue weighted by molar-refractivity contribution is 6.10. The SMILES string of the molecule is Cc1cccc(C(=O)NC(=NCCc2c(C)nn(C)c2C)Nc2ccc(F)cc2)c1. The van der Waals surface area contributed by atoms with Crippen LogP contribution in [0.2, 0.25) is 0 Å². The molecule has 30 heavy (non-hydrogen) atoms. The van der Waals surface area contributed by atoms with Crippen molar-refractivity contribution >= 4 is 17.6 Å². The number of aryl methyl sites for hydroxylation is 3. The maximum atomic E-state index is 13.2. The third-order valence-electron chi connectivity index (χ3n) is 4.91. The van der Waals surface area contributed by atoms with Crippen molar-refractivity contribution in [1.82, 2.24) is 15.1 Å². The number of nitrogens with zero attached hydrogens (tertiary/aromatic N) is 3. The molecule has 1 aromatic heterocycles. The Hall–Kier alpha value is -3.48. The van der Waals surface area contributed by atoms with Gasteiger partial charge in [-0.05, 0) is 69.2 Å². The van der Waals surface area contributed by atoms with E-state index in [1.165, 1.54) is 12.1 Å². The van der Waals surface area contributed by atoms with Gasteiger partial charge in [-0.3, -0.25) is 19.8 Å². The van der Waals surface area contributed by atoms with E-state index in [1.54, 1.807) is 18.2 Å². The lowest BCUT2D eigenvalue weighted by molar-refractivity contribution is 0.0977. The lowest BCUT2D eigenvalue weighted by Crippen LogP contribution is -2.36. The first-order valence-electron chi connectivity index (χ1n) is 9.77. The smallest absolute Gasteiger partial charge is 0.257 e. The third-order valence-corrected chi connectivity index (χ3v) is 4.91. The van der Waals surface area contributed by atoms with Crippen LogP contribution in [0.5, 0.6) is 0 Å². The molecule has 0 fully saturated rings. The Morgan fingerprint density at radius 2 is 1.87 bits per heavy atom. The molecule has 0 atom stereocenters. The third kappa shape index (κ3) is 5.31. The maximum absolute atomic E-state index is 13.2. The first-order valence-corrected chi connectivity index (χ1v) is 9.77. The summed E-state index contributed by atoms with van der Waals surface area (Å²) in [6.45, 7) is 6.39. The fourth-order valence-corrected chi connectivity index (χ4v) is 3.21. The molecule has 2 N–H and O–H groups in total. The number of hydrogen-bond acceptors (Lipinski definition) is 3. The molecule has 3 aromatic rings. The monoisotopic (exact) mass is 407 g/mol. The van der Waals surface area contributed by atoms with Crippen molar-refractivity contribution in [3.63, 3.8) is 0 Å². The molecule has 0 unspecified atom stereocenters. The second-order valence-electron chi connectivity index (χ2n) is 7.21. The van der Waals surface area contributed by atoms with E-state index in [0.717, 1.165) is 22.5 Å². The molecule has 1 heterocycles. The average Bonchev–Trinajstić information content (AvgIpc) is 2.95. The van der Waals surface area contributed by atoms with E-state index in [-0.39, 0.29) is 11.7 Å². The molecule has 0 aliphatic carbocycles. The van der Waals surface area contributed by atoms with Crippen LogP contribution in [0.1, 0.15) is 32.9 Å². The Morgan fingerprint density at radius 3 is 2.50 bits per heavy atom. The Bertz CT molecular complexity index is 1070. The zero-order valence-electron chi connectivity index (χ0n) is 17.7. The van der Waals surface area contributed by atoms with Gasteiger partial charge in [0.1, 0.15) is 5.82 Å². The molecule has 0 saturated carbocycles. The largest absolute Gasteiger partial charge is 0.326 e. The number of carbonyl (C=O) groups excluding carboxylic acids is 1. The van der Waals surface area contributed by atoms with Gasteiger partial charge in [0.05, 0.1) is 5.69 Å². The molecule has 0 bridgehead atoms. The quantitative estimate of drug-likeness (QED) is 0.497. The standard InChI is InChI=1S/C23H26FN5O/c1-15-6-5-7-18(14-15)22(30)27-23(26-20-10-8-19(24)9-11-20)25-13-12-21-16(2)28-29(4)17(21)3/h5-11,14H,12-13H2,1-4H3,(H2,25,26,27,30). The van der Waals surface area contributed by atoms with Crippen molar-refractivity contribution in [1.29, 1.82) is 0 Å². The van der Waals surface area contributed by atoms with Gasteiger partial charge in [0, 0.05) is 30.5 Å². The van der Waals surface area contributed by atoms with Crippen LogP contribution >= 0.6 is 0 Å². The Kier molecular flexibility index (Phi) is 6.61. The molecular weight excluding hydrogens is 381 g/mol. The summed E-state index contributed by atoms with van der Waals surface area (Å²) < 4.78 is 15.1.